The number of hydrogen-bond donors (Lipinski definition) is 1. The molecule has 0 atom stereocenters. The standard InChI is InChI=1S/C12H13BrN2O3/c1-14-7-8(3-2-6-16)11-10(15(17)18)5-4-9(13)12(11)14/h4-5,7,16H,2-3,6H2,1H3. The fraction of sp³-hybridized carbons (Fsp3) is 0.333. The average Bonchev–Trinajstić information content (AvgIpc) is 2.65. The van der Waals surface area contributed by atoms with Crippen LogP contribution in [0.15, 0.2) is 22.8 Å². The average molecular weight is 313 g/mol. The van der Waals surface area contributed by atoms with Gasteiger partial charge in [0.1, 0.15) is 0 Å². The van der Waals surface area contributed by atoms with Crippen molar-refractivity contribution in [2.45, 2.75) is 12.8 Å². The van der Waals surface area contributed by atoms with Crippen LogP contribution in [0.4, 0.5) is 5.69 Å². The third-order valence-corrected chi connectivity index (χ3v) is 3.57. The van der Waals surface area contributed by atoms with Gasteiger partial charge in [-0.25, -0.2) is 0 Å². The molecule has 0 radical (unpaired) electrons. The number of aryl methyl sites for hydroxylation is 2. The number of aliphatic hydroxyl groups excluding tert-OH is 1. The second-order valence-corrected chi connectivity index (χ2v) is 4.99. The van der Waals surface area contributed by atoms with Crippen molar-refractivity contribution in [3.63, 3.8) is 0 Å². The van der Waals surface area contributed by atoms with Gasteiger partial charge in [-0.2, -0.15) is 0 Å². The number of non-ortho nitro benzene ring substituents is 1. The summed E-state index contributed by atoms with van der Waals surface area (Å²) in [5, 5.41) is 20.6. The highest BCUT2D eigenvalue weighted by Gasteiger charge is 2.20. The molecule has 0 aliphatic carbocycles. The molecule has 0 saturated carbocycles. The number of fused-ring (bicyclic) bond motifs is 1. The van der Waals surface area contributed by atoms with Gasteiger partial charge in [0, 0.05) is 30.4 Å². The van der Waals surface area contributed by atoms with Crippen molar-refractivity contribution in [1.82, 2.24) is 4.57 Å². The third-order valence-electron chi connectivity index (χ3n) is 2.93. The summed E-state index contributed by atoms with van der Waals surface area (Å²) >= 11 is 3.42. The first-order chi connectivity index (χ1) is 8.56. The van der Waals surface area contributed by atoms with Crippen LogP contribution in [0, 0.1) is 10.1 Å². The molecule has 1 heterocycles. The second kappa shape index (κ2) is 5.07. The number of nitro groups is 1. The van der Waals surface area contributed by atoms with Crippen molar-refractivity contribution in [1.29, 1.82) is 0 Å². The second-order valence-electron chi connectivity index (χ2n) is 4.14. The minimum absolute atomic E-state index is 0.0815. The van der Waals surface area contributed by atoms with Crippen molar-refractivity contribution in [3.05, 3.63) is 38.5 Å². The van der Waals surface area contributed by atoms with Gasteiger partial charge in [-0.05, 0) is 40.4 Å². The Kier molecular flexibility index (Phi) is 3.68. The number of halogens is 1. The van der Waals surface area contributed by atoms with Gasteiger partial charge in [-0.15, -0.1) is 0 Å². The van der Waals surface area contributed by atoms with Crippen LogP contribution in [0.5, 0.6) is 0 Å². The lowest BCUT2D eigenvalue weighted by molar-refractivity contribution is -0.383. The number of aromatic nitrogens is 1. The van der Waals surface area contributed by atoms with E-state index in [2.05, 4.69) is 15.9 Å². The Morgan fingerprint density at radius 1 is 1.50 bits per heavy atom. The number of rotatable bonds is 4. The van der Waals surface area contributed by atoms with E-state index in [1.54, 1.807) is 6.07 Å². The third kappa shape index (κ3) is 2.13. The molecule has 0 fully saturated rings. The Labute approximate surface area is 112 Å². The van der Waals surface area contributed by atoms with Crippen molar-refractivity contribution in [2.75, 3.05) is 6.61 Å². The first-order valence-corrected chi connectivity index (χ1v) is 6.37. The van der Waals surface area contributed by atoms with Gasteiger partial charge in [0.25, 0.3) is 5.69 Å². The topological polar surface area (TPSA) is 68.3 Å². The van der Waals surface area contributed by atoms with Crippen LogP contribution < -0.4 is 0 Å². The molecule has 0 saturated heterocycles. The van der Waals surface area contributed by atoms with Crippen molar-refractivity contribution in [2.24, 2.45) is 7.05 Å². The molecule has 0 aliphatic heterocycles. The minimum Gasteiger partial charge on any atom is -0.396 e. The van der Waals surface area contributed by atoms with Crippen LogP contribution >= 0.6 is 15.9 Å². The lowest BCUT2D eigenvalue weighted by atomic mass is 10.1. The maximum absolute atomic E-state index is 11.1. The van der Waals surface area contributed by atoms with Gasteiger partial charge in [0.15, 0.2) is 0 Å². The highest BCUT2D eigenvalue weighted by Crippen LogP contribution is 2.35. The summed E-state index contributed by atoms with van der Waals surface area (Å²) in [5.74, 6) is 0. The summed E-state index contributed by atoms with van der Waals surface area (Å²) in [6.45, 7) is 0.0815. The van der Waals surface area contributed by atoms with Crippen molar-refractivity contribution < 1.29 is 10.0 Å². The Morgan fingerprint density at radius 3 is 2.83 bits per heavy atom. The molecule has 0 unspecified atom stereocenters. The lowest BCUT2D eigenvalue weighted by Crippen LogP contribution is -1.93. The van der Waals surface area contributed by atoms with Crippen molar-refractivity contribution >= 4 is 32.5 Å². The number of nitro benzene ring substituents is 1. The van der Waals surface area contributed by atoms with Crippen LogP contribution in [-0.2, 0) is 13.5 Å². The largest absolute Gasteiger partial charge is 0.396 e. The van der Waals surface area contributed by atoms with Crippen molar-refractivity contribution in [3.8, 4) is 0 Å². The van der Waals surface area contributed by atoms with Gasteiger partial charge in [-0.1, -0.05) is 0 Å². The first-order valence-electron chi connectivity index (χ1n) is 5.58. The Bertz CT molecular complexity index is 607. The zero-order chi connectivity index (χ0) is 13.3. The van der Waals surface area contributed by atoms with Crippen LogP contribution in [0.25, 0.3) is 10.9 Å². The lowest BCUT2D eigenvalue weighted by Gasteiger charge is -2.01. The zero-order valence-electron chi connectivity index (χ0n) is 9.89. The van der Waals surface area contributed by atoms with Gasteiger partial charge in [0.2, 0.25) is 0 Å². The summed E-state index contributed by atoms with van der Waals surface area (Å²) in [4.78, 5) is 10.7. The molecule has 5 nitrogen and oxygen atoms in total. The molecular weight excluding hydrogens is 300 g/mol. The van der Waals surface area contributed by atoms with E-state index in [4.69, 9.17) is 5.11 Å². The normalized spacial score (nSPS) is 11.1. The Hall–Kier alpha value is -1.40. The number of hydrogen-bond acceptors (Lipinski definition) is 3. The molecule has 96 valence electrons. The number of nitrogens with zero attached hydrogens (tertiary/aromatic N) is 2. The molecule has 2 rings (SSSR count). The molecule has 2 aromatic rings. The molecule has 1 N–H and O–H groups in total. The van der Waals surface area contributed by atoms with E-state index in [1.165, 1.54) is 6.07 Å². The first kappa shape index (κ1) is 13.0. The van der Waals surface area contributed by atoms with E-state index in [0.29, 0.717) is 18.2 Å². The molecule has 1 aromatic heterocycles. The summed E-state index contributed by atoms with van der Waals surface area (Å²) in [6.07, 6.45) is 3.12. The van der Waals surface area contributed by atoms with Gasteiger partial charge in [-0.3, -0.25) is 10.1 Å². The number of aliphatic hydroxyl groups is 1. The Morgan fingerprint density at radius 2 is 2.22 bits per heavy atom. The fourth-order valence-electron chi connectivity index (χ4n) is 2.19. The molecule has 6 heteroatoms. The van der Waals surface area contributed by atoms with Gasteiger partial charge in [0.05, 0.1) is 15.8 Å². The Balaban J connectivity index is 2.72. The molecule has 0 bridgehead atoms. The summed E-state index contributed by atoms with van der Waals surface area (Å²) < 4.78 is 2.71. The molecule has 1 aromatic carbocycles. The molecule has 0 spiro atoms. The summed E-state index contributed by atoms with van der Waals surface area (Å²) in [6, 6.07) is 3.20. The van der Waals surface area contributed by atoms with Gasteiger partial charge >= 0.3 is 0 Å². The predicted molar refractivity (Wildman–Crippen MR) is 72.7 cm³/mol. The van der Waals surface area contributed by atoms with E-state index in [0.717, 1.165) is 15.6 Å². The smallest absolute Gasteiger partial charge is 0.279 e. The SMILES string of the molecule is Cn1cc(CCCO)c2c([N+](=O)[O-])ccc(Br)c21. The predicted octanol–water partition coefficient (Wildman–Crippen LogP) is 2.77. The van der Waals surface area contributed by atoms with Crippen LogP contribution in [0.2, 0.25) is 0 Å². The van der Waals surface area contributed by atoms with Crippen LogP contribution in [-0.4, -0.2) is 21.2 Å². The molecular formula is C12H13BrN2O3. The monoisotopic (exact) mass is 312 g/mol. The van der Waals surface area contributed by atoms with E-state index in [1.807, 2.05) is 17.8 Å². The minimum atomic E-state index is -0.364. The molecule has 0 aliphatic rings. The zero-order valence-corrected chi connectivity index (χ0v) is 11.5. The highest BCUT2D eigenvalue weighted by atomic mass is 79.9. The van der Waals surface area contributed by atoms with Crippen LogP contribution in [0.1, 0.15) is 12.0 Å². The summed E-state index contributed by atoms with van der Waals surface area (Å²) in [7, 11) is 1.86. The maximum atomic E-state index is 11.1. The van der Waals surface area contributed by atoms with Crippen LogP contribution in [0.3, 0.4) is 0 Å². The fourth-order valence-corrected chi connectivity index (χ4v) is 2.80. The maximum Gasteiger partial charge on any atom is 0.279 e. The number of benzene rings is 1. The van der Waals surface area contributed by atoms with E-state index >= 15 is 0 Å². The van der Waals surface area contributed by atoms with E-state index in [-0.39, 0.29) is 17.2 Å². The van der Waals surface area contributed by atoms with E-state index < -0.39 is 0 Å². The summed E-state index contributed by atoms with van der Waals surface area (Å²) in [5.41, 5.74) is 1.83. The highest BCUT2D eigenvalue weighted by molar-refractivity contribution is 9.10. The van der Waals surface area contributed by atoms with E-state index in [9.17, 15) is 10.1 Å². The molecule has 0 amide bonds. The molecule has 18 heavy (non-hydrogen) atoms. The quantitative estimate of drug-likeness (QED) is 0.697. The van der Waals surface area contributed by atoms with Gasteiger partial charge < -0.3 is 9.67 Å².